The first kappa shape index (κ1) is 24.4. The van der Waals surface area contributed by atoms with Gasteiger partial charge in [-0.05, 0) is 67.9 Å². The highest BCUT2D eigenvalue weighted by Crippen LogP contribution is 2.27. The van der Waals surface area contributed by atoms with Crippen molar-refractivity contribution in [2.45, 2.75) is 44.4 Å². The van der Waals surface area contributed by atoms with Crippen LogP contribution in [0, 0.1) is 11.8 Å². The summed E-state index contributed by atoms with van der Waals surface area (Å²) in [4.78, 5) is 28.1. The van der Waals surface area contributed by atoms with E-state index in [9.17, 15) is 18.0 Å². The van der Waals surface area contributed by atoms with Crippen LogP contribution in [0.3, 0.4) is 0 Å². The molecule has 2 amide bonds. The van der Waals surface area contributed by atoms with Gasteiger partial charge in [-0.25, -0.2) is 8.42 Å². The summed E-state index contributed by atoms with van der Waals surface area (Å²) < 4.78 is 28.1. The average molecular weight is 484 g/mol. The molecule has 2 aliphatic rings. The van der Waals surface area contributed by atoms with E-state index in [1.807, 2.05) is 4.90 Å². The SMILES string of the molecule is CC1CC(C)CN(S(=O)(=O)c2cccc(C(=O)Nc3ccccc3C(=O)N3CCCCC3)c2)C1. The van der Waals surface area contributed by atoms with Gasteiger partial charge >= 0.3 is 0 Å². The summed E-state index contributed by atoms with van der Waals surface area (Å²) in [5.74, 6) is 0.0366. The molecule has 0 aliphatic carbocycles. The second-order valence-electron chi connectivity index (χ2n) is 9.65. The molecule has 2 aromatic carbocycles. The molecule has 4 rings (SSSR count). The van der Waals surface area contributed by atoms with Gasteiger partial charge in [0.2, 0.25) is 10.0 Å². The molecule has 0 spiro atoms. The van der Waals surface area contributed by atoms with Crippen LogP contribution >= 0.6 is 0 Å². The lowest BCUT2D eigenvalue weighted by atomic mass is 9.94. The number of benzene rings is 2. The fraction of sp³-hybridized carbons (Fsp3) is 0.462. The summed E-state index contributed by atoms with van der Waals surface area (Å²) in [6.45, 7) is 6.52. The average Bonchev–Trinajstić information content (AvgIpc) is 2.84. The van der Waals surface area contributed by atoms with Gasteiger partial charge in [-0.15, -0.1) is 0 Å². The van der Waals surface area contributed by atoms with Gasteiger partial charge in [-0.1, -0.05) is 32.0 Å². The van der Waals surface area contributed by atoms with Crippen LogP contribution < -0.4 is 5.32 Å². The predicted molar refractivity (Wildman–Crippen MR) is 132 cm³/mol. The number of likely N-dealkylation sites (tertiary alicyclic amines) is 1. The summed E-state index contributed by atoms with van der Waals surface area (Å²) in [6.07, 6.45) is 4.09. The topological polar surface area (TPSA) is 86.8 Å². The van der Waals surface area contributed by atoms with Crippen molar-refractivity contribution < 1.29 is 18.0 Å². The van der Waals surface area contributed by atoms with Crippen molar-refractivity contribution in [3.63, 3.8) is 0 Å². The van der Waals surface area contributed by atoms with Gasteiger partial charge in [0.25, 0.3) is 11.8 Å². The highest BCUT2D eigenvalue weighted by atomic mass is 32.2. The minimum atomic E-state index is -3.70. The third-order valence-corrected chi connectivity index (χ3v) is 8.45. The zero-order chi connectivity index (χ0) is 24.3. The van der Waals surface area contributed by atoms with Crippen molar-refractivity contribution in [3.8, 4) is 0 Å². The molecule has 0 radical (unpaired) electrons. The lowest BCUT2D eigenvalue weighted by molar-refractivity contribution is 0.0725. The van der Waals surface area contributed by atoms with E-state index in [1.165, 1.54) is 16.4 Å². The van der Waals surface area contributed by atoms with E-state index in [0.29, 0.717) is 36.2 Å². The Balaban J connectivity index is 1.54. The van der Waals surface area contributed by atoms with Crippen molar-refractivity contribution in [1.29, 1.82) is 0 Å². The number of carbonyl (C=O) groups excluding carboxylic acids is 2. The van der Waals surface area contributed by atoms with Crippen LogP contribution in [0.4, 0.5) is 5.69 Å². The Morgan fingerprint density at radius 2 is 1.59 bits per heavy atom. The summed E-state index contributed by atoms with van der Waals surface area (Å²) in [5.41, 5.74) is 1.10. The van der Waals surface area contributed by atoms with Crippen LogP contribution in [0.2, 0.25) is 0 Å². The van der Waals surface area contributed by atoms with E-state index in [-0.39, 0.29) is 16.4 Å². The normalized spacial score (nSPS) is 21.8. The number of rotatable bonds is 5. The number of nitrogens with zero attached hydrogens (tertiary/aromatic N) is 2. The van der Waals surface area contributed by atoms with Crippen molar-refractivity contribution in [2.75, 3.05) is 31.5 Å². The minimum Gasteiger partial charge on any atom is -0.339 e. The summed E-state index contributed by atoms with van der Waals surface area (Å²) in [7, 11) is -3.70. The smallest absolute Gasteiger partial charge is 0.255 e. The Bertz CT molecular complexity index is 1150. The number of carbonyl (C=O) groups is 2. The van der Waals surface area contributed by atoms with Gasteiger partial charge in [0.1, 0.15) is 0 Å². The maximum absolute atomic E-state index is 13.3. The fourth-order valence-electron chi connectivity index (χ4n) is 4.99. The molecule has 2 aliphatic heterocycles. The second kappa shape index (κ2) is 10.3. The zero-order valence-electron chi connectivity index (χ0n) is 19.9. The lowest BCUT2D eigenvalue weighted by Gasteiger charge is -2.34. The maximum atomic E-state index is 13.3. The molecule has 2 heterocycles. The molecular weight excluding hydrogens is 450 g/mol. The molecular formula is C26H33N3O4S. The van der Waals surface area contributed by atoms with E-state index in [1.54, 1.807) is 36.4 Å². The number of hydrogen-bond acceptors (Lipinski definition) is 4. The molecule has 34 heavy (non-hydrogen) atoms. The monoisotopic (exact) mass is 483 g/mol. The fourth-order valence-corrected chi connectivity index (χ4v) is 6.72. The number of nitrogens with one attached hydrogen (secondary N) is 1. The van der Waals surface area contributed by atoms with Crippen LogP contribution in [0.5, 0.6) is 0 Å². The van der Waals surface area contributed by atoms with Crippen LogP contribution in [-0.4, -0.2) is 55.6 Å². The number of hydrogen-bond donors (Lipinski definition) is 1. The first-order valence-electron chi connectivity index (χ1n) is 12.1. The minimum absolute atomic E-state index is 0.0970. The van der Waals surface area contributed by atoms with Crippen LogP contribution in [0.15, 0.2) is 53.4 Å². The highest BCUT2D eigenvalue weighted by Gasteiger charge is 2.32. The molecule has 2 aromatic rings. The summed E-state index contributed by atoms with van der Waals surface area (Å²) in [5, 5.41) is 2.82. The second-order valence-corrected chi connectivity index (χ2v) is 11.6. The van der Waals surface area contributed by atoms with Crippen molar-refractivity contribution in [3.05, 3.63) is 59.7 Å². The van der Waals surface area contributed by atoms with Gasteiger partial charge in [-0.2, -0.15) is 4.31 Å². The predicted octanol–water partition coefficient (Wildman–Crippen LogP) is 4.23. The zero-order valence-corrected chi connectivity index (χ0v) is 20.7. The third kappa shape index (κ3) is 5.33. The van der Waals surface area contributed by atoms with E-state index in [4.69, 9.17) is 0 Å². The summed E-state index contributed by atoms with van der Waals surface area (Å²) in [6, 6.07) is 13.1. The van der Waals surface area contributed by atoms with E-state index >= 15 is 0 Å². The number of para-hydroxylation sites is 1. The first-order valence-corrected chi connectivity index (χ1v) is 13.5. The van der Waals surface area contributed by atoms with Crippen LogP contribution in [0.1, 0.15) is 60.2 Å². The summed E-state index contributed by atoms with van der Waals surface area (Å²) >= 11 is 0. The highest BCUT2D eigenvalue weighted by molar-refractivity contribution is 7.89. The van der Waals surface area contributed by atoms with Crippen molar-refractivity contribution in [2.24, 2.45) is 11.8 Å². The molecule has 2 fully saturated rings. The maximum Gasteiger partial charge on any atom is 0.255 e. The van der Waals surface area contributed by atoms with E-state index in [2.05, 4.69) is 19.2 Å². The molecule has 182 valence electrons. The molecule has 8 heteroatoms. The number of amides is 2. The van der Waals surface area contributed by atoms with Gasteiger partial charge in [0.05, 0.1) is 16.1 Å². The lowest BCUT2D eigenvalue weighted by Crippen LogP contribution is -2.42. The van der Waals surface area contributed by atoms with Gasteiger partial charge in [0.15, 0.2) is 0 Å². The van der Waals surface area contributed by atoms with Gasteiger partial charge in [-0.3, -0.25) is 9.59 Å². The number of piperidine rings is 2. The van der Waals surface area contributed by atoms with Crippen molar-refractivity contribution >= 4 is 27.5 Å². The number of anilines is 1. The quantitative estimate of drug-likeness (QED) is 0.689. The molecule has 2 unspecified atom stereocenters. The Labute approximate surface area is 202 Å². The number of sulfonamides is 1. The molecule has 0 bridgehead atoms. The molecule has 1 N–H and O–H groups in total. The molecule has 0 saturated carbocycles. The molecule has 7 nitrogen and oxygen atoms in total. The third-order valence-electron chi connectivity index (χ3n) is 6.62. The largest absolute Gasteiger partial charge is 0.339 e. The molecule has 2 saturated heterocycles. The standard InChI is InChI=1S/C26H33N3O4S/c1-19-15-20(2)18-29(17-19)34(32,33)22-10-8-9-21(16-22)25(30)27-24-12-5-4-11-23(24)26(31)28-13-6-3-7-14-28/h4-5,8-12,16,19-20H,3,6-7,13-15,17-18H2,1-2H3,(H,27,30). The van der Waals surface area contributed by atoms with Crippen LogP contribution in [-0.2, 0) is 10.0 Å². The van der Waals surface area contributed by atoms with Gasteiger partial charge in [0, 0.05) is 31.7 Å². The Kier molecular flexibility index (Phi) is 7.38. The molecule has 0 aromatic heterocycles. The molecule has 2 atom stereocenters. The Morgan fingerprint density at radius 3 is 2.29 bits per heavy atom. The Hall–Kier alpha value is -2.71. The van der Waals surface area contributed by atoms with Crippen molar-refractivity contribution in [1.82, 2.24) is 9.21 Å². The van der Waals surface area contributed by atoms with E-state index < -0.39 is 15.9 Å². The van der Waals surface area contributed by atoms with Gasteiger partial charge < -0.3 is 10.2 Å². The first-order chi connectivity index (χ1) is 16.3. The van der Waals surface area contributed by atoms with E-state index in [0.717, 1.165) is 38.8 Å². The Morgan fingerprint density at radius 1 is 0.912 bits per heavy atom. The van der Waals surface area contributed by atoms with Crippen LogP contribution in [0.25, 0.3) is 0 Å².